The van der Waals surface area contributed by atoms with Gasteiger partial charge in [0.25, 0.3) is 0 Å². The summed E-state index contributed by atoms with van der Waals surface area (Å²) < 4.78 is 5.29. The summed E-state index contributed by atoms with van der Waals surface area (Å²) in [5.41, 5.74) is 3.49. The van der Waals surface area contributed by atoms with Crippen LogP contribution in [0.5, 0.6) is 5.75 Å². The molecule has 1 saturated heterocycles. The molecule has 1 spiro atoms. The quantitative estimate of drug-likeness (QED) is 0.771. The van der Waals surface area contributed by atoms with Gasteiger partial charge in [0.15, 0.2) is 5.79 Å². The lowest BCUT2D eigenvalue weighted by Crippen LogP contribution is -2.56. The van der Waals surface area contributed by atoms with E-state index in [1.807, 2.05) is 30.3 Å². The molecule has 5 rings (SSSR count). The first-order valence-electron chi connectivity index (χ1n) is 9.35. The number of aliphatic imine (C=N–C) groups is 1. The summed E-state index contributed by atoms with van der Waals surface area (Å²) in [5, 5.41) is 11.1. The van der Waals surface area contributed by atoms with Crippen LogP contribution in [0.15, 0.2) is 69.0 Å². The summed E-state index contributed by atoms with van der Waals surface area (Å²) in [6.07, 6.45) is 2.01. The smallest absolute Gasteiger partial charge is 0.194 e. The Morgan fingerprint density at radius 2 is 1.96 bits per heavy atom. The fourth-order valence-electron chi connectivity index (χ4n) is 4.30. The van der Waals surface area contributed by atoms with Crippen molar-refractivity contribution in [1.29, 1.82) is 5.26 Å². The third kappa shape index (κ3) is 2.33. The van der Waals surface area contributed by atoms with Crippen LogP contribution in [0.4, 0.5) is 5.69 Å². The van der Waals surface area contributed by atoms with Crippen molar-refractivity contribution in [2.45, 2.75) is 23.5 Å². The molecule has 0 N–H and O–H groups in total. The van der Waals surface area contributed by atoms with E-state index in [1.165, 1.54) is 4.90 Å². The summed E-state index contributed by atoms with van der Waals surface area (Å²) >= 11 is 1.67. The van der Waals surface area contributed by atoms with E-state index in [9.17, 15) is 5.26 Å². The average Bonchev–Trinajstić information content (AvgIpc) is 3.29. The van der Waals surface area contributed by atoms with Gasteiger partial charge >= 0.3 is 0 Å². The zero-order valence-electron chi connectivity index (χ0n) is 15.8. The number of anilines is 1. The lowest BCUT2D eigenvalue weighted by atomic mass is 9.99. The van der Waals surface area contributed by atoms with Crippen molar-refractivity contribution in [3.63, 3.8) is 0 Å². The number of nitriles is 1. The molecule has 0 saturated carbocycles. The summed E-state index contributed by atoms with van der Waals surface area (Å²) in [6.45, 7) is 0.984. The molecule has 2 aromatic carbocycles. The molecule has 0 aliphatic carbocycles. The average molecular weight is 388 g/mol. The molecule has 28 heavy (non-hydrogen) atoms. The molecule has 5 nitrogen and oxygen atoms in total. The number of thioether (sulfide) groups is 1. The Bertz CT molecular complexity index is 1050. The fourth-order valence-corrected chi connectivity index (χ4v) is 5.50. The van der Waals surface area contributed by atoms with Crippen molar-refractivity contribution in [2.24, 2.45) is 4.99 Å². The molecular weight excluding hydrogens is 368 g/mol. The van der Waals surface area contributed by atoms with Crippen LogP contribution in [0.25, 0.3) is 0 Å². The highest BCUT2D eigenvalue weighted by Crippen LogP contribution is 2.55. The monoisotopic (exact) mass is 388 g/mol. The highest BCUT2D eigenvalue weighted by molar-refractivity contribution is 8.03. The first-order chi connectivity index (χ1) is 13.7. The van der Waals surface area contributed by atoms with Crippen molar-refractivity contribution in [2.75, 3.05) is 25.6 Å². The van der Waals surface area contributed by atoms with E-state index < -0.39 is 5.79 Å². The number of hydrogen-bond acceptors (Lipinski definition) is 6. The minimum Gasteiger partial charge on any atom is -0.497 e. The first-order valence-corrected chi connectivity index (χ1v) is 10.2. The van der Waals surface area contributed by atoms with E-state index in [0.29, 0.717) is 5.57 Å². The largest absolute Gasteiger partial charge is 0.497 e. The zero-order valence-corrected chi connectivity index (χ0v) is 16.7. The predicted molar refractivity (Wildman–Crippen MR) is 112 cm³/mol. The third-order valence-electron chi connectivity index (χ3n) is 5.71. The highest BCUT2D eigenvalue weighted by Gasteiger charge is 2.52. The van der Waals surface area contributed by atoms with Crippen LogP contribution in [0.2, 0.25) is 0 Å². The second-order valence-electron chi connectivity index (χ2n) is 7.19. The number of rotatable bonds is 2. The van der Waals surface area contributed by atoms with Crippen LogP contribution in [0.1, 0.15) is 18.4 Å². The van der Waals surface area contributed by atoms with Crippen molar-refractivity contribution >= 4 is 23.2 Å². The maximum Gasteiger partial charge on any atom is 0.194 e. The van der Waals surface area contributed by atoms with E-state index in [4.69, 9.17) is 9.73 Å². The minimum atomic E-state index is -0.482. The molecule has 140 valence electrons. The number of para-hydroxylation sites is 1. The molecule has 0 amide bonds. The van der Waals surface area contributed by atoms with Crippen LogP contribution < -0.4 is 9.64 Å². The van der Waals surface area contributed by atoms with E-state index in [-0.39, 0.29) is 0 Å². The standard InChI is InChI=1S/C22H20N4OS/c1-25-13-5-12-22(25)24-20(15-8-10-16(27-2)11-9-15)17(14-23)21-26(22)18-6-3-4-7-19(18)28-21/h3-4,6-11H,5,12-13H2,1-2H3. The third-order valence-corrected chi connectivity index (χ3v) is 6.85. The Morgan fingerprint density at radius 3 is 2.64 bits per heavy atom. The van der Waals surface area contributed by atoms with Gasteiger partial charge in [0.1, 0.15) is 22.4 Å². The molecule has 0 bridgehead atoms. The highest BCUT2D eigenvalue weighted by atomic mass is 32.2. The summed E-state index contributed by atoms with van der Waals surface area (Å²) in [5.74, 6) is 0.313. The number of nitrogens with zero attached hydrogens (tertiary/aromatic N) is 4. The van der Waals surface area contributed by atoms with Crippen LogP contribution in [0, 0.1) is 11.3 Å². The van der Waals surface area contributed by atoms with Gasteiger partial charge in [-0.15, -0.1) is 0 Å². The van der Waals surface area contributed by atoms with Crippen LogP contribution in [0.3, 0.4) is 0 Å². The number of likely N-dealkylation sites (tertiary alicyclic amines) is 1. The predicted octanol–water partition coefficient (Wildman–Crippen LogP) is 4.22. The molecule has 2 aromatic rings. The van der Waals surface area contributed by atoms with Crippen molar-refractivity contribution in [1.82, 2.24) is 4.90 Å². The maximum atomic E-state index is 10.1. The molecule has 1 fully saturated rings. The molecule has 3 heterocycles. The molecule has 3 aliphatic rings. The van der Waals surface area contributed by atoms with Gasteiger partial charge in [0, 0.05) is 23.4 Å². The lowest BCUT2D eigenvalue weighted by molar-refractivity contribution is 0.186. The summed E-state index contributed by atoms with van der Waals surface area (Å²) in [6, 6.07) is 18.6. The topological polar surface area (TPSA) is 51.9 Å². The molecular formula is C22H20N4OS. The number of benzene rings is 2. The van der Waals surface area contributed by atoms with E-state index >= 15 is 0 Å². The fraction of sp³-hybridized carbons (Fsp3) is 0.273. The van der Waals surface area contributed by atoms with Gasteiger partial charge in [0.2, 0.25) is 0 Å². The maximum absolute atomic E-state index is 10.1. The summed E-state index contributed by atoms with van der Waals surface area (Å²) in [4.78, 5) is 11.0. The van der Waals surface area contributed by atoms with Gasteiger partial charge in [-0.1, -0.05) is 23.9 Å². The molecule has 0 aromatic heterocycles. The molecule has 3 aliphatic heterocycles. The minimum absolute atomic E-state index is 0.482. The number of fused-ring (bicyclic) bond motifs is 4. The van der Waals surface area contributed by atoms with Crippen LogP contribution in [-0.4, -0.2) is 37.1 Å². The Kier molecular flexibility index (Phi) is 3.97. The molecule has 6 heteroatoms. The SMILES string of the molecule is COc1ccc(C2=NC3(CCCN3C)N3C(=C2C#N)Sc2ccccc23)cc1. The Hall–Kier alpha value is -2.75. The van der Waals surface area contributed by atoms with Crippen molar-refractivity contribution in [3.05, 3.63) is 64.7 Å². The van der Waals surface area contributed by atoms with Crippen LogP contribution >= 0.6 is 11.8 Å². The Labute approximate surface area is 168 Å². The van der Waals surface area contributed by atoms with Gasteiger partial charge in [0.05, 0.1) is 18.5 Å². The first kappa shape index (κ1) is 17.4. The van der Waals surface area contributed by atoms with E-state index in [0.717, 1.165) is 47.1 Å². The lowest BCUT2D eigenvalue weighted by Gasteiger charge is -2.45. The van der Waals surface area contributed by atoms with Gasteiger partial charge in [-0.2, -0.15) is 5.26 Å². The number of methoxy groups -OCH3 is 1. The van der Waals surface area contributed by atoms with E-state index in [1.54, 1.807) is 18.9 Å². The molecule has 0 radical (unpaired) electrons. The van der Waals surface area contributed by atoms with Gasteiger partial charge in [-0.25, -0.2) is 4.99 Å². The molecule has 1 atom stereocenters. The number of hydrogen-bond donors (Lipinski definition) is 0. The molecule has 1 unspecified atom stereocenters. The van der Waals surface area contributed by atoms with Crippen molar-refractivity contribution < 1.29 is 4.74 Å². The zero-order chi connectivity index (χ0) is 19.3. The Morgan fingerprint density at radius 1 is 1.18 bits per heavy atom. The van der Waals surface area contributed by atoms with Crippen molar-refractivity contribution in [3.8, 4) is 11.8 Å². The number of allylic oxidation sites excluding steroid dienone is 1. The normalized spacial score (nSPS) is 23.5. The van der Waals surface area contributed by atoms with Gasteiger partial charge in [-0.05, 0) is 49.9 Å². The van der Waals surface area contributed by atoms with E-state index in [2.05, 4.69) is 41.1 Å². The summed E-state index contributed by atoms with van der Waals surface area (Å²) in [7, 11) is 3.78. The van der Waals surface area contributed by atoms with Gasteiger partial charge < -0.3 is 4.74 Å². The van der Waals surface area contributed by atoms with Crippen LogP contribution in [-0.2, 0) is 0 Å². The second kappa shape index (κ2) is 6.40. The Balaban J connectivity index is 1.74. The van der Waals surface area contributed by atoms with Gasteiger partial charge in [-0.3, -0.25) is 9.80 Å². The second-order valence-corrected chi connectivity index (χ2v) is 8.22. The number of ether oxygens (including phenoxy) is 1.